The van der Waals surface area contributed by atoms with Crippen molar-refractivity contribution in [1.29, 1.82) is 0 Å². The van der Waals surface area contributed by atoms with Crippen LogP contribution in [-0.2, 0) is 9.59 Å². The van der Waals surface area contributed by atoms with Gasteiger partial charge in [0.1, 0.15) is 11.0 Å². The molecule has 2 unspecified atom stereocenters. The van der Waals surface area contributed by atoms with Crippen LogP contribution < -0.4 is 10.1 Å². The highest BCUT2D eigenvalue weighted by molar-refractivity contribution is 8.01. The average Bonchev–Trinajstić information content (AvgIpc) is 2.44. The van der Waals surface area contributed by atoms with E-state index in [2.05, 4.69) is 5.32 Å². The first-order valence-electron chi connectivity index (χ1n) is 6.31. The number of ether oxygens (including phenoxy) is 1. The molecular weight excluding hydrogens is 278 g/mol. The highest BCUT2D eigenvalue weighted by Gasteiger charge is 2.23. The largest absolute Gasteiger partial charge is 0.495 e. The van der Waals surface area contributed by atoms with Crippen molar-refractivity contribution < 1.29 is 19.4 Å². The first kappa shape index (κ1) is 16.4. The predicted octanol–water partition coefficient (Wildman–Crippen LogP) is 2.62. The number of anilines is 1. The highest BCUT2D eigenvalue weighted by atomic mass is 32.2. The predicted molar refractivity (Wildman–Crippen MR) is 80.4 cm³/mol. The Balaban J connectivity index is 2.68. The molecule has 0 aliphatic carbocycles. The van der Waals surface area contributed by atoms with Crippen molar-refractivity contribution in [3.8, 4) is 5.75 Å². The Hall–Kier alpha value is -1.69. The van der Waals surface area contributed by atoms with Gasteiger partial charge in [-0.15, -0.1) is 11.8 Å². The smallest absolute Gasteiger partial charge is 0.316 e. The second-order valence-corrected chi connectivity index (χ2v) is 5.75. The van der Waals surface area contributed by atoms with Crippen LogP contribution in [-0.4, -0.2) is 34.6 Å². The molecule has 0 spiro atoms. The van der Waals surface area contributed by atoms with Gasteiger partial charge in [0.2, 0.25) is 5.91 Å². The van der Waals surface area contributed by atoms with E-state index in [9.17, 15) is 9.59 Å². The topological polar surface area (TPSA) is 75.6 Å². The molecule has 0 radical (unpaired) electrons. The van der Waals surface area contributed by atoms with Crippen molar-refractivity contribution in [2.75, 3.05) is 12.4 Å². The normalized spacial score (nSPS) is 13.3. The summed E-state index contributed by atoms with van der Waals surface area (Å²) in [7, 11) is 1.53. The minimum atomic E-state index is -0.894. The summed E-state index contributed by atoms with van der Waals surface area (Å²) in [5.74, 6) is -0.558. The van der Waals surface area contributed by atoms with Crippen LogP contribution in [0.1, 0.15) is 20.3 Å². The van der Waals surface area contributed by atoms with Crippen LogP contribution in [0.3, 0.4) is 0 Å². The lowest BCUT2D eigenvalue weighted by molar-refractivity contribution is -0.136. The molecule has 6 heteroatoms. The number of carboxylic acids is 1. The number of carboxylic acid groups (broad SMARTS) is 1. The van der Waals surface area contributed by atoms with Crippen LogP contribution in [0.2, 0.25) is 0 Å². The molecule has 0 aromatic heterocycles. The van der Waals surface area contributed by atoms with Gasteiger partial charge in [0.25, 0.3) is 0 Å². The van der Waals surface area contributed by atoms with Gasteiger partial charge < -0.3 is 15.2 Å². The lowest BCUT2D eigenvalue weighted by Crippen LogP contribution is -2.27. The molecule has 0 bridgehead atoms. The van der Waals surface area contributed by atoms with Crippen LogP contribution in [0.4, 0.5) is 5.69 Å². The summed E-state index contributed by atoms with van der Waals surface area (Å²) in [5.41, 5.74) is 0.579. The summed E-state index contributed by atoms with van der Waals surface area (Å²) in [6.45, 7) is 3.48. The van der Waals surface area contributed by atoms with Gasteiger partial charge in [-0.1, -0.05) is 19.1 Å². The number of aliphatic carboxylic acids is 1. The summed E-state index contributed by atoms with van der Waals surface area (Å²) in [6.07, 6.45) is 0.478. The second kappa shape index (κ2) is 7.79. The van der Waals surface area contributed by atoms with Crippen LogP contribution in [0.5, 0.6) is 5.75 Å². The fourth-order valence-corrected chi connectivity index (χ4v) is 2.60. The van der Waals surface area contributed by atoms with Crippen molar-refractivity contribution >= 4 is 29.3 Å². The van der Waals surface area contributed by atoms with E-state index in [0.29, 0.717) is 17.9 Å². The first-order chi connectivity index (χ1) is 9.49. The molecule has 2 N–H and O–H groups in total. The van der Waals surface area contributed by atoms with Crippen molar-refractivity contribution in [2.45, 2.75) is 30.8 Å². The number of methoxy groups -OCH3 is 1. The molecule has 0 heterocycles. The Labute approximate surface area is 122 Å². The minimum absolute atomic E-state index is 0.237. The first-order valence-corrected chi connectivity index (χ1v) is 7.26. The third kappa shape index (κ3) is 4.45. The number of carbonyl (C=O) groups is 2. The van der Waals surface area contributed by atoms with E-state index in [4.69, 9.17) is 9.84 Å². The summed E-state index contributed by atoms with van der Waals surface area (Å²) in [4.78, 5) is 23.0. The van der Waals surface area contributed by atoms with Gasteiger partial charge in [-0.3, -0.25) is 9.59 Å². The van der Waals surface area contributed by atoms with Gasteiger partial charge in [0, 0.05) is 0 Å². The van der Waals surface area contributed by atoms with Crippen molar-refractivity contribution in [1.82, 2.24) is 0 Å². The summed E-state index contributed by atoms with van der Waals surface area (Å²) < 4.78 is 5.15. The molecule has 1 amide bonds. The maximum absolute atomic E-state index is 12.1. The zero-order chi connectivity index (χ0) is 15.1. The Morgan fingerprint density at radius 2 is 2.05 bits per heavy atom. The number of thioether (sulfide) groups is 1. The molecule has 1 aromatic carbocycles. The number of hydrogen-bond donors (Lipinski definition) is 2. The third-order valence-electron chi connectivity index (χ3n) is 2.75. The number of nitrogens with one attached hydrogen (secondary N) is 1. The van der Waals surface area contributed by atoms with Crippen LogP contribution >= 0.6 is 11.8 Å². The lowest BCUT2D eigenvalue weighted by Gasteiger charge is -2.17. The Kier molecular flexibility index (Phi) is 6.38. The Morgan fingerprint density at radius 1 is 1.40 bits per heavy atom. The third-order valence-corrected chi connectivity index (χ3v) is 4.23. The molecule has 20 heavy (non-hydrogen) atoms. The maximum atomic E-state index is 12.1. The number of carbonyl (C=O) groups excluding carboxylic acids is 1. The van der Waals surface area contributed by atoms with E-state index < -0.39 is 16.5 Å². The minimum Gasteiger partial charge on any atom is -0.495 e. The molecule has 1 rings (SSSR count). The number of benzene rings is 1. The molecule has 0 aliphatic heterocycles. The molecule has 1 aromatic rings. The van der Waals surface area contributed by atoms with Crippen LogP contribution in [0.15, 0.2) is 24.3 Å². The quantitative estimate of drug-likeness (QED) is 0.809. The highest BCUT2D eigenvalue weighted by Crippen LogP contribution is 2.26. The van der Waals surface area contributed by atoms with Crippen molar-refractivity contribution in [3.05, 3.63) is 24.3 Å². The fourth-order valence-electron chi connectivity index (χ4n) is 1.62. The zero-order valence-corrected chi connectivity index (χ0v) is 12.6. The van der Waals surface area contributed by atoms with Gasteiger partial charge in [-0.05, 0) is 25.5 Å². The van der Waals surface area contributed by atoms with E-state index in [1.54, 1.807) is 32.0 Å². The lowest BCUT2D eigenvalue weighted by atomic mass is 10.3. The summed E-state index contributed by atoms with van der Waals surface area (Å²) in [6, 6.07) is 7.09. The second-order valence-electron chi connectivity index (χ2n) is 4.20. The molecule has 0 fully saturated rings. The van der Waals surface area contributed by atoms with Gasteiger partial charge in [-0.25, -0.2) is 0 Å². The number of rotatable bonds is 7. The van der Waals surface area contributed by atoms with Crippen molar-refractivity contribution in [3.63, 3.8) is 0 Å². The van der Waals surface area contributed by atoms with Gasteiger partial charge in [0.15, 0.2) is 0 Å². The van der Waals surface area contributed by atoms with E-state index in [1.165, 1.54) is 7.11 Å². The van der Waals surface area contributed by atoms with Gasteiger partial charge >= 0.3 is 5.97 Å². The van der Waals surface area contributed by atoms with Crippen LogP contribution in [0.25, 0.3) is 0 Å². The summed E-state index contributed by atoms with van der Waals surface area (Å²) in [5, 5.41) is 10.7. The number of para-hydroxylation sites is 2. The fraction of sp³-hybridized carbons (Fsp3) is 0.429. The zero-order valence-electron chi connectivity index (χ0n) is 11.8. The average molecular weight is 297 g/mol. The van der Waals surface area contributed by atoms with Crippen molar-refractivity contribution in [2.24, 2.45) is 0 Å². The van der Waals surface area contributed by atoms with Crippen LogP contribution in [0, 0.1) is 0 Å². The van der Waals surface area contributed by atoms with Gasteiger partial charge in [0.05, 0.1) is 18.0 Å². The van der Waals surface area contributed by atoms with E-state index in [-0.39, 0.29) is 5.91 Å². The maximum Gasteiger partial charge on any atom is 0.316 e. The van der Waals surface area contributed by atoms with E-state index >= 15 is 0 Å². The SMILES string of the molecule is CCC(SC(C)C(=O)Nc1ccccc1OC)C(=O)O. The van der Waals surface area contributed by atoms with Gasteiger partial charge in [-0.2, -0.15) is 0 Å². The molecule has 2 atom stereocenters. The standard InChI is InChI=1S/C14H19NO4S/c1-4-12(14(17)18)20-9(2)13(16)15-10-7-5-6-8-11(10)19-3/h5-9,12H,4H2,1-3H3,(H,15,16)(H,17,18). The van der Waals surface area contributed by atoms with E-state index in [0.717, 1.165) is 11.8 Å². The molecule has 0 saturated carbocycles. The molecule has 0 aliphatic rings. The number of hydrogen-bond acceptors (Lipinski definition) is 4. The molecule has 110 valence electrons. The Morgan fingerprint density at radius 3 is 2.60 bits per heavy atom. The molecular formula is C14H19NO4S. The molecule has 5 nitrogen and oxygen atoms in total. The number of amides is 1. The monoisotopic (exact) mass is 297 g/mol. The van der Waals surface area contributed by atoms with E-state index in [1.807, 2.05) is 6.07 Å². The Bertz CT molecular complexity index is 478. The molecule has 0 saturated heterocycles. The summed E-state index contributed by atoms with van der Waals surface area (Å²) >= 11 is 1.14.